The van der Waals surface area contributed by atoms with Gasteiger partial charge in [-0.15, -0.1) is 0 Å². The molecular formula is C46H67NO9. The number of hydrogen-bond acceptors (Lipinski definition) is 8. The second kappa shape index (κ2) is 14.9. The highest BCUT2D eigenvalue weighted by atomic mass is 16.6. The second-order valence-corrected chi connectivity index (χ2v) is 20.1. The molecule has 56 heavy (non-hydrogen) atoms. The molecule has 4 aliphatic carbocycles. The van der Waals surface area contributed by atoms with Gasteiger partial charge in [-0.05, 0) is 91.1 Å². The van der Waals surface area contributed by atoms with Crippen molar-refractivity contribution in [3.63, 3.8) is 0 Å². The van der Waals surface area contributed by atoms with Crippen molar-refractivity contribution in [1.82, 2.24) is 5.32 Å². The smallest absolute Gasteiger partial charge is 0.407 e. The van der Waals surface area contributed by atoms with Crippen LogP contribution in [-0.2, 0) is 39.9 Å². The van der Waals surface area contributed by atoms with Gasteiger partial charge in [0.2, 0.25) is 0 Å². The molecule has 2 bridgehead atoms. The molecule has 1 heterocycles. The number of amides is 1. The second-order valence-electron chi connectivity index (χ2n) is 20.1. The number of carboxylic acids is 1. The van der Waals surface area contributed by atoms with Crippen molar-refractivity contribution in [2.75, 3.05) is 19.8 Å². The van der Waals surface area contributed by atoms with E-state index in [4.69, 9.17) is 18.9 Å². The molecule has 310 valence electrons. The molecule has 1 saturated heterocycles. The number of ketones is 1. The molecule has 1 aromatic carbocycles. The molecule has 2 N–H and O–H groups in total. The molecule has 1 aromatic rings. The summed E-state index contributed by atoms with van der Waals surface area (Å²) in [6.07, 6.45) is 3.66. The van der Waals surface area contributed by atoms with Crippen LogP contribution >= 0.6 is 0 Å². The maximum atomic E-state index is 15.0. The van der Waals surface area contributed by atoms with E-state index in [0.717, 1.165) is 36.8 Å². The third-order valence-electron chi connectivity index (χ3n) is 16.7. The van der Waals surface area contributed by atoms with Crippen LogP contribution in [0.2, 0.25) is 0 Å². The van der Waals surface area contributed by atoms with Crippen molar-refractivity contribution in [3.05, 3.63) is 47.5 Å². The lowest BCUT2D eigenvalue weighted by Gasteiger charge is -2.70. The Kier molecular flexibility index (Phi) is 11.2. The average molecular weight is 778 g/mol. The van der Waals surface area contributed by atoms with Gasteiger partial charge >= 0.3 is 18.0 Å². The monoisotopic (exact) mass is 777 g/mol. The first-order chi connectivity index (χ1) is 26.1. The Bertz CT molecular complexity index is 1730. The van der Waals surface area contributed by atoms with Crippen molar-refractivity contribution in [1.29, 1.82) is 0 Å². The number of fused-ring (bicyclic) bond motifs is 3. The highest BCUT2D eigenvalue weighted by Gasteiger charge is 2.74. The minimum absolute atomic E-state index is 0.0288. The number of allylic oxidation sites excluding steroid dienone is 1. The minimum atomic E-state index is -1.10. The number of alkyl carbamates (subject to hydrolysis) is 1. The third-order valence-corrected chi connectivity index (χ3v) is 16.7. The molecular weight excluding hydrogens is 711 g/mol. The maximum Gasteiger partial charge on any atom is 0.407 e. The topological polar surface area (TPSA) is 137 Å². The zero-order chi connectivity index (χ0) is 41.2. The number of nitrogens with one attached hydrogen (secondary N) is 1. The number of esters is 1. The molecule has 6 rings (SSSR count). The van der Waals surface area contributed by atoms with Crippen LogP contribution in [0.25, 0.3) is 0 Å². The Labute approximate surface area is 334 Å². The number of hydrogen-bond donors (Lipinski definition) is 2. The van der Waals surface area contributed by atoms with Crippen LogP contribution in [-0.4, -0.2) is 66.5 Å². The minimum Gasteiger partial charge on any atom is -0.481 e. The molecule has 5 aliphatic rings. The number of benzene rings is 1. The zero-order valence-corrected chi connectivity index (χ0v) is 35.7. The normalized spacial score (nSPS) is 39.3. The summed E-state index contributed by atoms with van der Waals surface area (Å²) < 4.78 is 25.3. The maximum absolute atomic E-state index is 15.0. The lowest BCUT2D eigenvalue weighted by molar-refractivity contribution is -0.268. The summed E-state index contributed by atoms with van der Waals surface area (Å²) in [5, 5.41) is 14.1. The molecule has 12 atom stereocenters. The van der Waals surface area contributed by atoms with E-state index in [1.807, 2.05) is 64.1 Å². The van der Waals surface area contributed by atoms with Crippen molar-refractivity contribution in [2.24, 2.45) is 62.6 Å². The summed E-state index contributed by atoms with van der Waals surface area (Å²) in [5.41, 5.74) is -2.32. The molecule has 10 heteroatoms. The van der Waals surface area contributed by atoms with Crippen LogP contribution in [0.15, 0.2) is 42.0 Å². The summed E-state index contributed by atoms with van der Waals surface area (Å²) in [7, 11) is 0. The van der Waals surface area contributed by atoms with Gasteiger partial charge in [0.15, 0.2) is 5.78 Å². The number of carbonyl (C=O) groups is 4. The van der Waals surface area contributed by atoms with Gasteiger partial charge in [0.1, 0.15) is 18.8 Å². The fourth-order valence-electron chi connectivity index (χ4n) is 12.6. The van der Waals surface area contributed by atoms with Gasteiger partial charge in [-0.1, -0.05) is 98.2 Å². The van der Waals surface area contributed by atoms with E-state index in [1.165, 1.54) is 6.92 Å². The lowest BCUT2D eigenvalue weighted by atomic mass is 9.34. The van der Waals surface area contributed by atoms with E-state index in [2.05, 4.69) is 46.9 Å². The van der Waals surface area contributed by atoms with Gasteiger partial charge in [0.25, 0.3) is 0 Å². The molecule has 4 fully saturated rings. The third kappa shape index (κ3) is 6.53. The number of ether oxygens (including phenoxy) is 4. The van der Waals surface area contributed by atoms with Crippen LogP contribution in [0, 0.1) is 62.6 Å². The first kappa shape index (κ1) is 42.4. The molecule has 1 aliphatic heterocycles. The fourth-order valence-corrected chi connectivity index (χ4v) is 12.6. The summed E-state index contributed by atoms with van der Waals surface area (Å²) in [5.74, 6) is -1.87. The van der Waals surface area contributed by atoms with E-state index in [1.54, 1.807) is 0 Å². The Morgan fingerprint density at radius 1 is 1.00 bits per heavy atom. The molecule has 1 amide bonds. The van der Waals surface area contributed by atoms with E-state index < -0.39 is 68.8 Å². The van der Waals surface area contributed by atoms with Crippen LogP contribution in [0.1, 0.15) is 114 Å². The zero-order valence-electron chi connectivity index (χ0n) is 35.7. The Morgan fingerprint density at radius 2 is 1.68 bits per heavy atom. The fraction of sp³-hybridized carbons (Fsp3) is 0.739. The predicted molar refractivity (Wildman–Crippen MR) is 212 cm³/mol. The van der Waals surface area contributed by atoms with Gasteiger partial charge < -0.3 is 29.4 Å². The van der Waals surface area contributed by atoms with Crippen LogP contribution < -0.4 is 5.32 Å². The van der Waals surface area contributed by atoms with Gasteiger partial charge in [0.05, 0.1) is 31.3 Å². The van der Waals surface area contributed by atoms with E-state index in [0.29, 0.717) is 19.6 Å². The first-order valence-corrected chi connectivity index (χ1v) is 21.0. The summed E-state index contributed by atoms with van der Waals surface area (Å²) in [6, 6.07) is 9.52. The van der Waals surface area contributed by atoms with Crippen molar-refractivity contribution in [3.8, 4) is 0 Å². The van der Waals surface area contributed by atoms with Gasteiger partial charge in [-0.3, -0.25) is 14.4 Å². The first-order valence-electron chi connectivity index (χ1n) is 21.0. The Balaban J connectivity index is 1.33. The molecule has 0 aromatic heterocycles. The molecule has 0 spiro atoms. The molecule has 0 radical (unpaired) electrons. The highest BCUT2D eigenvalue weighted by Crippen LogP contribution is 2.74. The number of aliphatic carboxylic acids is 1. The lowest BCUT2D eigenvalue weighted by Crippen LogP contribution is -2.71. The summed E-state index contributed by atoms with van der Waals surface area (Å²) in [6.45, 7) is 23.3. The molecule has 0 unspecified atom stereocenters. The van der Waals surface area contributed by atoms with E-state index >= 15 is 0 Å². The van der Waals surface area contributed by atoms with Crippen LogP contribution in [0.5, 0.6) is 0 Å². The highest BCUT2D eigenvalue weighted by molar-refractivity contribution is 6.00. The standard InChI is InChI=1S/C46H67NO9/c1-27(2)29(5)41(7)19-20-43(9)32-17-18-35-42(8)24-53-26-46(35,33(32)21-36(49)45(43,11)37(41)39(50)51)22-34(56-30(6)48)38(42)55-25-44(10,28(3)4)47-40(52)54-23-31-15-13-12-14-16-31/h12-16,21,27-29,32,34-35,37-38H,17-20,22-26H2,1-11H3,(H,47,52)(H,50,51)/t29-,32+,34-,35+,37-,38+,41-,42-,43-,44-,45+,46+/m1/s1. The van der Waals surface area contributed by atoms with E-state index in [9.17, 15) is 24.3 Å². The van der Waals surface area contributed by atoms with Crippen LogP contribution in [0.4, 0.5) is 4.79 Å². The number of carboxylic acid groups (broad SMARTS) is 1. The molecule has 3 saturated carbocycles. The van der Waals surface area contributed by atoms with E-state index in [-0.39, 0.29) is 48.6 Å². The van der Waals surface area contributed by atoms with Crippen molar-refractivity contribution in [2.45, 2.75) is 133 Å². The SMILES string of the molecule is CC(=O)O[C@@H]1C[C@@]23COC[C@](C)([C@@H]2CC[C@H]2C3=CC(=O)[C@@]3(C)[C@H](C(=O)O)[C@@](C)([C@H](C)C(C)C)CC[C@]23C)[C@H]1OC[C@@](C)(NC(=O)OCc1ccccc1)C(C)C. The summed E-state index contributed by atoms with van der Waals surface area (Å²) in [4.78, 5) is 54.5. The number of carbonyl (C=O) groups excluding carboxylic acids is 3. The average Bonchev–Trinajstić information content (AvgIpc) is 3.11. The van der Waals surface area contributed by atoms with Crippen LogP contribution in [0.3, 0.4) is 0 Å². The van der Waals surface area contributed by atoms with Gasteiger partial charge in [-0.25, -0.2) is 4.79 Å². The molecule has 10 nitrogen and oxygen atoms in total. The Hall–Kier alpha value is -3.24. The largest absolute Gasteiger partial charge is 0.481 e. The summed E-state index contributed by atoms with van der Waals surface area (Å²) >= 11 is 0. The van der Waals surface area contributed by atoms with Crippen molar-refractivity contribution < 1.29 is 43.2 Å². The quantitative estimate of drug-likeness (QED) is 0.212. The van der Waals surface area contributed by atoms with Gasteiger partial charge in [-0.2, -0.15) is 0 Å². The Morgan fingerprint density at radius 3 is 2.29 bits per heavy atom. The van der Waals surface area contributed by atoms with Gasteiger partial charge in [0, 0.05) is 23.2 Å². The van der Waals surface area contributed by atoms with Crippen molar-refractivity contribution >= 4 is 23.8 Å². The predicted octanol–water partition coefficient (Wildman–Crippen LogP) is 8.41. The number of rotatable bonds is 11.